The minimum atomic E-state index is -4.35. The summed E-state index contributed by atoms with van der Waals surface area (Å²) >= 11 is 5.88. The quantitative estimate of drug-likeness (QED) is 0.381. The van der Waals surface area contributed by atoms with E-state index < -0.39 is 12.8 Å². The van der Waals surface area contributed by atoms with Gasteiger partial charge in [0.05, 0.1) is 6.61 Å². The van der Waals surface area contributed by atoms with Crippen LogP contribution in [0.1, 0.15) is 5.56 Å². The number of aromatic nitrogens is 3. The lowest BCUT2D eigenvalue weighted by Crippen LogP contribution is -2.16. The Hall–Kier alpha value is -3.17. The summed E-state index contributed by atoms with van der Waals surface area (Å²) in [7, 11) is 0. The predicted molar refractivity (Wildman–Crippen MR) is 101 cm³/mol. The molecule has 0 saturated carbocycles. The first kappa shape index (κ1) is 20.1. The molecule has 0 radical (unpaired) electrons. The van der Waals surface area contributed by atoms with Gasteiger partial charge in [-0.05, 0) is 29.8 Å². The van der Waals surface area contributed by atoms with Crippen molar-refractivity contribution in [3.8, 4) is 34.3 Å². The Morgan fingerprint density at radius 1 is 0.900 bits per heavy atom. The van der Waals surface area contributed by atoms with Gasteiger partial charge in [0.1, 0.15) is 6.61 Å². The third-order valence-electron chi connectivity index (χ3n) is 4.03. The normalized spacial score (nSPS) is 11.7. The summed E-state index contributed by atoms with van der Waals surface area (Å²) in [6.45, 7) is -1.44. The second kappa shape index (κ2) is 8.29. The average molecular weight is 436 g/mol. The summed E-state index contributed by atoms with van der Waals surface area (Å²) in [5.74, 6) is 1.000. The minimum absolute atomic E-state index is 0.149. The standard InChI is InChI=1S/C20H13ClF3N3O3/c21-15-7-5-13(6-8-15)17-9-16(26-29-17)19-25-18(27-30-19)14-3-1-12(2-4-14)10-28-11-20(22,23)24/h1-9H,10-11H2. The number of benzene rings is 2. The molecule has 0 aliphatic rings. The van der Waals surface area contributed by atoms with Gasteiger partial charge in [0.15, 0.2) is 11.5 Å². The molecule has 0 aliphatic heterocycles. The van der Waals surface area contributed by atoms with Crippen molar-refractivity contribution < 1.29 is 27.0 Å². The summed E-state index contributed by atoms with van der Waals surface area (Å²) in [4.78, 5) is 4.29. The molecule has 0 bridgehead atoms. The lowest BCUT2D eigenvalue weighted by atomic mass is 10.1. The molecule has 10 heteroatoms. The van der Waals surface area contributed by atoms with Gasteiger partial charge < -0.3 is 13.8 Å². The number of ether oxygens (including phenoxy) is 1. The first-order valence-electron chi connectivity index (χ1n) is 8.68. The molecular weight excluding hydrogens is 423 g/mol. The van der Waals surface area contributed by atoms with E-state index in [0.717, 1.165) is 5.56 Å². The molecule has 30 heavy (non-hydrogen) atoms. The van der Waals surface area contributed by atoms with Crippen molar-refractivity contribution in [2.24, 2.45) is 0 Å². The van der Waals surface area contributed by atoms with Crippen molar-refractivity contribution in [3.63, 3.8) is 0 Å². The Morgan fingerprint density at radius 3 is 2.30 bits per heavy atom. The third-order valence-corrected chi connectivity index (χ3v) is 4.28. The fourth-order valence-electron chi connectivity index (χ4n) is 2.61. The van der Waals surface area contributed by atoms with Crippen LogP contribution >= 0.6 is 11.6 Å². The predicted octanol–water partition coefficient (Wildman–Crippen LogP) is 5.79. The second-order valence-corrected chi connectivity index (χ2v) is 6.75. The molecule has 2 aromatic heterocycles. The Kier molecular flexibility index (Phi) is 5.56. The molecule has 0 unspecified atom stereocenters. The maximum Gasteiger partial charge on any atom is 0.411 e. The highest BCUT2D eigenvalue weighted by molar-refractivity contribution is 6.30. The molecule has 0 N–H and O–H groups in total. The van der Waals surface area contributed by atoms with Crippen molar-refractivity contribution in [1.82, 2.24) is 15.3 Å². The Morgan fingerprint density at radius 2 is 1.60 bits per heavy atom. The van der Waals surface area contributed by atoms with E-state index >= 15 is 0 Å². The van der Waals surface area contributed by atoms with Crippen LogP contribution < -0.4 is 0 Å². The molecule has 4 aromatic rings. The number of alkyl halides is 3. The van der Waals surface area contributed by atoms with Gasteiger partial charge in [-0.1, -0.05) is 46.2 Å². The van der Waals surface area contributed by atoms with E-state index in [0.29, 0.717) is 33.4 Å². The van der Waals surface area contributed by atoms with Crippen LogP contribution in [0.4, 0.5) is 13.2 Å². The number of hydrogen-bond acceptors (Lipinski definition) is 6. The van der Waals surface area contributed by atoms with Crippen molar-refractivity contribution >= 4 is 11.6 Å². The second-order valence-electron chi connectivity index (χ2n) is 6.31. The highest BCUT2D eigenvalue weighted by atomic mass is 35.5. The van der Waals surface area contributed by atoms with Gasteiger partial charge >= 0.3 is 6.18 Å². The number of halogens is 4. The summed E-state index contributed by atoms with van der Waals surface area (Å²) in [5, 5.41) is 8.47. The molecule has 4 rings (SSSR count). The number of nitrogens with zero attached hydrogens (tertiary/aromatic N) is 3. The first-order chi connectivity index (χ1) is 14.4. The molecule has 0 aliphatic carbocycles. The van der Waals surface area contributed by atoms with Crippen LogP contribution in [0.3, 0.4) is 0 Å². The topological polar surface area (TPSA) is 74.2 Å². The molecule has 0 amide bonds. The highest BCUT2D eigenvalue weighted by Crippen LogP contribution is 2.27. The molecular formula is C20H13ClF3N3O3. The fourth-order valence-corrected chi connectivity index (χ4v) is 2.73. The van der Waals surface area contributed by atoms with Crippen molar-refractivity contribution in [2.45, 2.75) is 12.8 Å². The van der Waals surface area contributed by atoms with E-state index in [4.69, 9.17) is 20.6 Å². The van der Waals surface area contributed by atoms with E-state index in [9.17, 15) is 13.2 Å². The third kappa shape index (κ3) is 4.87. The minimum Gasteiger partial charge on any atom is -0.367 e. The monoisotopic (exact) mass is 435 g/mol. The Balaban J connectivity index is 1.45. The molecule has 6 nitrogen and oxygen atoms in total. The summed E-state index contributed by atoms with van der Waals surface area (Å²) in [5.41, 5.74) is 2.39. The number of rotatable bonds is 6. The molecule has 2 aromatic carbocycles. The fraction of sp³-hybridized carbons (Fsp3) is 0.150. The molecule has 0 atom stereocenters. The lowest BCUT2D eigenvalue weighted by Gasteiger charge is -2.07. The summed E-state index contributed by atoms with van der Waals surface area (Å²) < 4.78 is 51.6. The van der Waals surface area contributed by atoms with Gasteiger partial charge in [0, 0.05) is 22.2 Å². The largest absolute Gasteiger partial charge is 0.411 e. The van der Waals surface area contributed by atoms with Crippen LogP contribution in [-0.4, -0.2) is 28.1 Å². The molecule has 0 spiro atoms. The van der Waals surface area contributed by atoms with Gasteiger partial charge in [0.2, 0.25) is 5.82 Å². The van der Waals surface area contributed by atoms with Gasteiger partial charge in [-0.15, -0.1) is 0 Å². The van der Waals surface area contributed by atoms with E-state index in [-0.39, 0.29) is 12.5 Å². The highest BCUT2D eigenvalue weighted by Gasteiger charge is 2.27. The lowest BCUT2D eigenvalue weighted by molar-refractivity contribution is -0.176. The van der Waals surface area contributed by atoms with E-state index in [1.165, 1.54) is 0 Å². The molecule has 154 valence electrons. The van der Waals surface area contributed by atoms with Crippen LogP contribution in [0.5, 0.6) is 0 Å². The van der Waals surface area contributed by atoms with Gasteiger partial charge in [-0.3, -0.25) is 0 Å². The van der Waals surface area contributed by atoms with Crippen molar-refractivity contribution in [3.05, 3.63) is 65.2 Å². The van der Waals surface area contributed by atoms with Crippen LogP contribution in [0.15, 0.2) is 63.6 Å². The summed E-state index contributed by atoms with van der Waals surface area (Å²) in [6.07, 6.45) is -4.35. The molecule has 2 heterocycles. The van der Waals surface area contributed by atoms with Crippen LogP contribution in [0.2, 0.25) is 5.02 Å². The maximum absolute atomic E-state index is 12.1. The average Bonchev–Trinajstić information content (AvgIpc) is 3.38. The van der Waals surface area contributed by atoms with Crippen molar-refractivity contribution in [1.29, 1.82) is 0 Å². The Bertz CT molecular complexity index is 1120. The van der Waals surface area contributed by atoms with Gasteiger partial charge in [0.25, 0.3) is 5.89 Å². The van der Waals surface area contributed by atoms with Gasteiger partial charge in [-0.2, -0.15) is 18.2 Å². The SMILES string of the molecule is FC(F)(F)COCc1ccc(-c2noc(-c3cc(-c4ccc(Cl)cc4)on3)n2)cc1. The smallest absolute Gasteiger partial charge is 0.367 e. The zero-order valence-corrected chi connectivity index (χ0v) is 15.9. The molecule has 0 saturated heterocycles. The van der Waals surface area contributed by atoms with Crippen LogP contribution in [0, 0.1) is 0 Å². The van der Waals surface area contributed by atoms with E-state index in [1.54, 1.807) is 54.6 Å². The molecule has 0 fully saturated rings. The number of hydrogen-bond donors (Lipinski definition) is 0. The van der Waals surface area contributed by atoms with E-state index in [1.807, 2.05) is 0 Å². The first-order valence-corrected chi connectivity index (χ1v) is 9.06. The maximum atomic E-state index is 12.1. The summed E-state index contributed by atoms with van der Waals surface area (Å²) in [6, 6.07) is 15.3. The van der Waals surface area contributed by atoms with Gasteiger partial charge in [-0.25, -0.2) is 0 Å². The van der Waals surface area contributed by atoms with Crippen LogP contribution in [-0.2, 0) is 11.3 Å². The van der Waals surface area contributed by atoms with Crippen LogP contribution in [0.25, 0.3) is 34.3 Å². The zero-order valence-electron chi connectivity index (χ0n) is 15.2. The van der Waals surface area contributed by atoms with Crippen molar-refractivity contribution in [2.75, 3.05) is 6.61 Å². The Labute approximate surface area is 173 Å². The zero-order chi connectivity index (χ0) is 21.1. The van der Waals surface area contributed by atoms with E-state index in [2.05, 4.69) is 20.0 Å².